The largest absolute Gasteiger partial charge is 0.437 e. The normalized spacial score (nSPS) is 12.2. The molecule has 0 N–H and O–H groups in total. The molecule has 0 aliphatic heterocycles. The van der Waals surface area contributed by atoms with Gasteiger partial charge in [0.05, 0.1) is 0 Å². The first-order chi connectivity index (χ1) is 10.9. The first-order valence-electron chi connectivity index (χ1n) is 6.94. The SMILES string of the molecule is C(C=Cc1nc2ccccc2o1)=Cc1nc2ccccc2o1. The average Bonchev–Trinajstić information content (AvgIpc) is 3.14. The molecule has 4 nitrogen and oxygen atoms in total. The smallest absolute Gasteiger partial charge is 0.219 e. The Morgan fingerprint density at radius 1 is 0.636 bits per heavy atom. The van der Waals surface area contributed by atoms with Gasteiger partial charge in [-0.1, -0.05) is 36.4 Å². The Balaban J connectivity index is 1.53. The summed E-state index contributed by atoms with van der Waals surface area (Å²) >= 11 is 0. The van der Waals surface area contributed by atoms with Gasteiger partial charge in [-0.25, -0.2) is 9.97 Å². The molecule has 22 heavy (non-hydrogen) atoms. The van der Waals surface area contributed by atoms with Gasteiger partial charge in [0.2, 0.25) is 11.8 Å². The summed E-state index contributed by atoms with van der Waals surface area (Å²) in [6, 6.07) is 15.4. The van der Waals surface area contributed by atoms with Gasteiger partial charge < -0.3 is 8.83 Å². The minimum atomic E-state index is 0.573. The Labute approximate surface area is 126 Å². The van der Waals surface area contributed by atoms with E-state index in [2.05, 4.69) is 9.97 Å². The Hall–Kier alpha value is -3.14. The van der Waals surface area contributed by atoms with Crippen LogP contribution in [0.1, 0.15) is 11.8 Å². The van der Waals surface area contributed by atoms with E-state index in [1.165, 1.54) is 0 Å². The zero-order valence-electron chi connectivity index (χ0n) is 11.6. The van der Waals surface area contributed by atoms with Gasteiger partial charge in [-0.2, -0.15) is 0 Å². The predicted molar refractivity (Wildman–Crippen MR) is 86.1 cm³/mol. The zero-order chi connectivity index (χ0) is 14.8. The summed E-state index contributed by atoms with van der Waals surface area (Å²) in [5.41, 5.74) is 3.27. The van der Waals surface area contributed by atoms with Crippen LogP contribution in [0.5, 0.6) is 0 Å². The highest BCUT2D eigenvalue weighted by Crippen LogP contribution is 2.17. The fourth-order valence-electron chi connectivity index (χ4n) is 2.20. The number of oxazole rings is 2. The van der Waals surface area contributed by atoms with Gasteiger partial charge in [0, 0.05) is 12.2 Å². The number of benzene rings is 2. The quantitative estimate of drug-likeness (QED) is 0.513. The molecule has 2 heterocycles. The van der Waals surface area contributed by atoms with Crippen LogP contribution in [0.2, 0.25) is 0 Å². The fraction of sp³-hybridized carbons (Fsp3) is 0. The second kappa shape index (κ2) is 5.33. The Morgan fingerprint density at radius 3 is 1.55 bits per heavy atom. The van der Waals surface area contributed by atoms with Crippen molar-refractivity contribution in [3.8, 4) is 0 Å². The van der Waals surface area contributed by atoms with Gasteiger partial charge in [-0.3, -0.25) is 0 Å². The van der Waals surface area contributed by atoms with Crippen LogP contribution in [0, 0.1) is 0 Å². The van der Waals surface area contributed by atoms with Crippen molar-refractivity contribution in [1.82, 2.24) is 9.97 Å². The van der Waals surface area contributed by atoms with E-state index in [0.717, 1.165) is 22.2 Å². The van der Waals surface area contributed by atoms with Crippen molar-refractivity contribution < 1.29 is 8.83 Å². The zero-order valence-corrected chi connectivity index (χ0v) is 11.6. The minimum Gasteiger partial charge on any atom is -0.437 e. The average molecular weight is 288 g/mol. The third kappa shape index (κ3) is 2.42. The van der Waals surface area contributed by atoms with Crippen LogP contribution < -0.4 is 0 Å². The summed E-state index contributed by atoms with van der Waals surface area (Å²) in [4.78, 5) is 8.73. The monoisotopic (exact) mass is 288 g/mol. The van der Waals surface area contributed by atoms with Gasteiger partial charge in [-0.15, -0.1) is 0 Å². The van der Waals surface area contributed by atoms with E-state index in [0.29, 0.717) is 11.8 Å². The highest BCUT2D eigenvalue weighted by molar-refractivity contribution is 5.74. The third-order valence-corrected chi connectivity index (χ3v) is 3.21. The van der Waals surface area contributed by atoms with E-state index < -0.39 is 0 Å². The molecule has 4 heteroatoms. The lowest BCUT2D eigenvalue weighted by molar-refractivity contribution is 0.588. The molecule has 2 aromatic carbocycles. The van der Waals surface area contributed by atoms with Crippen LogP contribution in [0.15, 0.2) is 69.5 Å². The molecule has 0 spiro atoms. The predicted octanol–water partition coefficient (Wildman–Crippen LogP) is 4.70. The summed E-state index contributed by atoms with van der Waals surface area (Å²) in [5.74, 6) is 1.15. The van der Waals surface area contributed by atoms with Crippen molar-refractivity contribution in [2.24, 2.45) is 0 Å². The second-order valence-electron chi connectivity index (χ2n) is 4.76. The van der Waals surface area contributed by atoms with Crippen LogP contribution in [-0.2, 0) is 0 Å². The maximum absolute atomic E-state index is 5.60. The van der Waals surface area contributed by atoms with E-state index in [1.54, 1.807) is 12.2 Å². The molecule has 0 saturated heterocycles. The van der Waals surface area contributed by atoms with Gasteiger partial charge in [-0.05, 0) is 24.3 Å². The highest BCUT2D eigenvalue weighted by atomic mass is 16.4. The minimum absolute atomic E-state index is 0.573. The fourth-order valence-corrected chi connectivity index (χ4v) is 2.20. The summed E-state index contributed by atoms with van der Waals surface area (Å²) in [5, 5.41) is 0. The Bertz CT molecular complexity index is 844. The number of nitrogens with zero attached hydrogens (tertiary/aromatic N) is 2. The molecule has 4 aromatic rings. The van der Waals surface area contributed by atoms with Crippen molar-refractivity contribution in [3.05, 3.63) is 72.5 Å². The molecular formula is C18H12N2O2. The van der Waals surface area contributed by atoms with Crippen molar-refractivity contribution in [2.45, 2.75) is 0 Å². The van der Waals surface area contributed by atoms with Crippen LogP contribution in [0.25, 0.3) is 34.4 Å². The van der Waals surface area contributed by atoms with Crippen molar-refractivity contribution in [3.63, 3.8) is 0 Å². The van der Waals surface area contributed by atoms with Gasteiger partial charge in [0.1, 0.15) is 11.0 Å². The number of allylic oxidation sites excluding steroid dienone is 2. The van der Waals surface area contributed by atoms with E-state index in [4.69, 9.17) is 8.83 Å². The molecule has 0 radical (unpaired) electrons. The molecule has 0 fully saturated rings. The second-order valence-corrected chi connectivity index (χ2v) is 4.76. The molecule has 106 valence electrons. The van der Waals surface area contributed by atoms with Crippen molar-refractivity contribution in [1.29, 1.82) is 0 Å². The standard InChI is InChI=1S/C18H12N2O2/c1-3-9-15-13(7-1)19-17(21-15)11-5-6-12-18-20-14-8-2-4-10-16(14)22-18/h1-12H. The number of para-hydroxylation sites is 4. The molecule has 0 bridgehead atoms. The topological polar surface area (TPSA) is 52.1 Å². The molecule has 0 unspecified atom stereocenters. The number of fused-ring (bicyclic) bond motifs is 2. The van der Waals surface area contributed by atoms with Crippen molar-refractivity contribution >= 4 is 34.4 Å². The van der Waals surface area contributed by atoms with E-state index in [9.17, 15) is 0 Å². The van der Waals surface area contributed by atoms with Crippen LogP contribution in [-0.4, -0.2) is 9.97 Å². The van der Waals surface area contributed by atoms with Crippen molar-refractivity contribution in [2.75, 3.05) is 0 Å². The summed E-state index contributed by atoms with van der Waals surface area (Å²) < 4.78 is 11.2. The van der Waals surface area contributed by atoms with Gasteiger partial charge in [0.25, 0.3) is 0 Å². The third-order valence-electron chi connectivity index (χ3n) is 3.21. The lowest BCUT2D eigenvalue weighted by atomic mass is 10.3. The maximum atomic E-state index is 5.60. The summed E-state index contributed by atoms with van der Waals surface area (Å²) in [6.45, 7) is 0. The van der Waals surface area contributed by atoms with Crippen LogP contribution >= 0.6 is 0 Å². The summed E-state index contributed by atoms with van der Waals surface area (Å²) in [6.07, 6.45) is 7.30. The molecule has 0 aliphatic rings. The van der Waals surface area contributed by atoms with Crippen LogP contribution in [0.3, 0.4) is 0 Å². The molecule has 2 aromatic heterocycles. The van der Waals surface area contributed by atoms with E-state index in [1.807, 2.05) is 60.7 Å². The Kier molecular flexibility index (Phi) is 3.05. The van der Waals surface area contributed by atoms with Gasteiger partial charge in [0.15, 0.2) is 11.2 Å². The summed E-state index contributed by atoms with van der Waals surface area (Å²) in [7, 11) is 0. The molecule has 0 atom stereocenters. The van der Waals surface area contributed by atoms with Crippen LogP contribution in [0.4, 0.5) is 0 Å². The Morgan fingerprint density at radius 2 is 1.09 bits per heavy atom. The molecular weight excluding hydrogens is 276 g/mol. The number of aromatic nitrogens is 2. The number of hydrogen-bond acceptors (Lipinski definition) is 4. The number of hydrogen-bond donors (Lipinski definition) is 0. The molecule has 0 saturated carbocycles. The first-order valence-corrected chi connectivity index (χ1v) is 6.94. The van der Waals surface area contributed by atoms with E-state index in [-0.39, 0.29) is 0 Å². The lowest BCUT2D eigenvalue weighted by Crippen LogP contribution is -1.69. The molecule has 0 aliphatic carbocycles. The lowest BCUT2D eigenvalue weighted by Gasteiger charge is -1.81. The van der Waals surface area contributed by atoms with Gasteiger partial charge >= 0.3 is 0 Å². The first kappa shape index (κ1) is 12.6. The number of rotatable bonds is 3. The highest BCUT2D eigenvalue weighted by Gasteiger charge is 2.01. The molecule has 4 rings (SSSR count). The maximum Gasteiger partial charge on any atom is 0.219 e. The molecule has 0 amide bonds. The van der Waals surface area contributed by atoms with E-state index >= 15 is 0 Å².